The highest BCUT2D eigenvalue weighted by Gasteiger charge is 2.25. The van der Waals surface area contributed by atoms with Crippen LogP contribution in [0.5, 0.6) is 0 Å². The zero-order valence-electron chi connectivity index (χ0n) is 15.4. The molecule has 0 aromatic heterocycles. The Balaban J connectivity index is 0.00000288. The molecule has 1 aliphatic heterocycles. The van der Waals surface area contributed by atoms with Crippen molar-refractivity contribution in [2.45, 2.75) is 44.4 Å². The Morgan fingerprint density at radius 2 is 2.08 bits per heavy atom. The first-order valence-electron chi connectivity index (χ1n) is 9.10. The van der Waals surface area contributed by atoms with Crippen LogP contribution in [-0.4, -0.2) is 74.3 Å². The van der Waals surface area contributed by atoms with Gasteiger partial charge in [0.25, 0.3) is 0 Å². The number of guanidine groups is 1. The SMILES string of the molecule is CCSC1CCC(NC(=NC)NCC(C)CN2CCOCC2)C1.I. The van der Waals surface area contributed by atoms with Gasteiger partial charge in [-0.1, -0.05) is 13.8 Å². The maximum absolute atomic E-state index is 5.41. The lowest BCUT2D eigenvalue weighted by atomic mass is 10.1. The summed E-state index contributed by atoms with van der Waals surface area (Å²) in [5.41, 5.74) is 0. The van der Waals surface area contributed by atoms with Crippen LogP contribution in [0.4, 0.5) is 0 Å². The number of hydrogen-bond donors (Lipinski definition) is 2. The molecule has 24 heavy (non-hydrogen) atoms. The zero-order chi connectivity index (χ0) is 16.5. The van der Waals surface area contributed by atoms with Gasteiger partial charge in [0.2, 0.25) is 0 Å². The van der Waals surface area contributed by atoms with Crippen LogP contribution in [-0.2, 0) is 4.74 Å². The molecule has 0 bridgehead atoms. The van der Waals surface area contributed by atoms with Crippen LogP contribution in [0.2, 0.25) is 0 Å². The van der Waals surface area contributed by atoms with Gasteiger partial charge in [0.15, 0.2) is 5.96 Å². The van der Waals surface area contributed by atoms with Crippen molar-refractivity contribution in [2.24, 2.45) is 10.9 Å². The van der Waals surface area contributed by atoms with E-state index in [0.717, 1.165) is 50.6 Å². The molecule has 2 aliphatic rings. The van der Waals surface area contributed by atoms with E-state index in [0.29, 0.717) is 12.0 Å². The molecule has 3 atom stereocenters. The molecule has 1 saturated carbocycles. The van der Waals surface area contributed by atoms with E-state index in [9.17, 15) is 0 Å². The molecule has 5 nitrogen and oxygen atoms in total. The number of aliphatic imine (C=N–C) groups is 1. The van der Waals surface area contributed by atoms with E-state index in [1.165, 1.54) is 25.0 Å². The second kappa shape index (κ2) is 12.6. The van der Waals surface area contributed by atoms with Gasteiger partial charge in [0, 0.05) is 44.5 Å². The molecule has 1 aliphatic carbocycles. The van der Waals surface area contributed by atoms with Gasteiger partial charge < -0.3 is 15.4 Å². The average molecular weight is 470 g/mol. The van der Waals surface area contributed by atoms with E-state index in [1.807, 2.05) is 7.05 Å². The van der Waals surface area contributed by atoms with Crippen LogP contribution in [0, 0.1) is 5.92 Å². The van der Waals surface area contributed by atoms with E-state index >= 15 is 0 Å². The van der Waals surface area contributed by atoms with Crippen molar-refractivity contribution in [1.82, 2.24) is 15.5 Å². The van der Waals surface area contributed by atoms with E-state index in [1.54, 1.807) is 0 Å². The molecule has 2 fully saturated rings. The molecule has 0 spiro atoms. The van der Waals surface area contributed by atoms with Gasteiger partial charge in [-0.05, 0) is 30.9 Å². The van der Waals surface area contributed by atoms with E-state index in [-0.39, 0.29) is 24.0 Å². The van der Waals surface area contributed by atoms with Crippen molar-refractivity contribution in [1.29, 1.82) is 0 Å². The fraction of sp³-hybridized carbons (Fsp3) is 0.941. The zero-order valence-corrected chi connectivity index (χ0v) is 18.6. The van der Waals surface area contributed by atoms with Crippen LogP contribution < -0.4 is 10.6 Å². The summed E-state index contributed by atoms with van der Waals surface area (Å²) in [5.74, 6) is 2.80. The Kier molecular flexibility index (Phi) is 11.7. The predicted molar refractivity (Wildman–Crippen MR) is 116 cm³/mol. The molecule has 1 heterocycles. The molecule has 142 valence electrons. The summed E-state index contributed by atoms with van der Waals surface area (Å²) in [6.45, 7) is 10.5. The number of nitrogens with zero attached hydrogens (tertiary/aromatic N) is 2. The van der Waals surface area contributed by atoms with Crippen molar-refractivity contribution < 1.29 is 4.74 Å². The summed E-state index contributed by atoms with van der Waals surface area (Å²) in [5, 5.41) is 7.94. The number of nitrogens with one attached hydrogen (secondary N) is 2. The molecule has 2 rings (SSSR count). The second-order valence-corrected chi connectivity index (χ2v) is 8.28. The van der Waals surface area contributed by atoms with Gasteiger partial charge >= 0.3 is 0 Å². The summed E-state index contributed by atoms with van der Waals surface area (Å²) in [6.07, 6.45) is 3.87. The number of halogens is 1. The van der Waals surface area contributed by atoms with Crippen LogP contribution in [0.3, 0.4) is 0 Å². The van der Waals surface area contributed by atoms with Gasteiger partial charge in [-0.3, -0.25) is 9.89 Å². The van der Waals surface area contributed by atoms with Gasteiger partial charge in [-0.2, -0.15) is 11.8 Å². The maximum Gasteiger partial charge on any atom is 0.191 e. The standard InChI is InChI=1S/C17H34N4OS.HI/c1-4-23-16-6-5-15(11-16)20-17(18-3)19-12-14(2)13-21-7-9-22-10-8-21;/h14-16H,4-13H2,1-3H3,(H2,18,19,20);1H. The molecule has 0 aromatic carbocycles. The maximum atomic E-state index is 5.41. The Morgan fingerprint density at radius 1 is 1.33 bits per heavy atom. The van der Waals surface area contributed by atoms with Gasteiger partial charge in [-0.25, -0.2) is 0 Å². The normalized spacial score (nSPS) is 26.7. The third-order valence-electron chi connectivity index (χ3n) is 4.64. The van der Waals surface area contributed by atoms with Crippen LogP contribution in [0.25, 0.3) is 0 Å². The minimum atomic E-state index is 0. The third-order valence-corrected chi connectivity index (χ3v) is 5.88. The summed E-state index contributed by atoms with van der Waals surface area (Å²) in [4.78, 5) is 6.89. The summed E-state index contributed by atoms with van der Waals surface area (Å²) < 4.78 is 5.41. The first-order chi connectivity index (χ1) is 11.2. The number of hydrogen-bond acceptors (Lipinski definition) is 4. The topological polar surface area (TPSA) is 48.9 Å². The Bertz CT molecular complexity index is 366. The van der Waals surface area contributed by atoms with Crippen molar-refractivity contribution >= 4 is 41.7 Å². The third kappa shape index (κ3) is 8.10. The molecule has 0 aromatic rings. The molecular weight excluding hydrogens is 435 g/mol. The van der Waals surface area contributed by atoms with Gasteiger partial charge in [-0.15, -0.1) is 24.0 Å². The highest BCUT2D eigenvalue weighted by molar-refractivity contribution is 14.0. The molecule has 1 saturated heterocycles. The lowest BCUT2D eigenvalue weighted by Crippen LogP contribution is -2.46. The van der Waals surface area contributed by atoms with Crippen molar-refractivity contribution in [2.75, 3.05) is 52.2 Å². The predicted octanol–water partition coefficient (Wildman–Crippen LogP) is 2.41. The number of ether oxygens (including phenoxy) is 1. The first-order valence-corrected chi connectivity index (χ1v) is 10.1. The summed E-state index contributed by atoms with van der Waals surface area (Å²) in [6, 6.07) is 0.583. The van der Waals surface area contributed by atoms with Gasteiger partial charge in [0.1, 0.15) is 0 Å². The largest absolute Gasteiger partial charge is 0.379 e. The number of morpholine rings is 1. The smallest absolute Gasteiger partial charge is 0.191 e. The van der Waals surface area contributed by atoms with E-state index in [4.69, 9.17) is 4.74 Å². The highest BCUT2D eigenvalue weighted by Crippen LogP contribution is 2.29. The molecule has 7 heteroatoms. The number of rotatable bonds is 7. The fourth-order valence-electron chi connectivity index (χ4n) is 3.41. The summed E-state index contributed by atoms with van der Waals surface area (Å²) in [7, 11) is 1.87. The lowest BCUT2D eigenvalue weighted by Gasteiger charge is -2.29. The van der Waals surface area contributed by atoms with E-state index < -0.39 is 0 Å². The van der Waals surface area contributed by atoms with Crippen LogP contribution >= 0.6 is 35.7 Å². The first kappa shape index (κ1) is 22.3. The van der Waals surface area contributed by atoms with Crippen molar-refractivity contribution in [3.05, 3.63) is 0 Å². The lowest BCUT2D eigenvalue weighted by molar-refractivity contribution is 0.0320. The van der Waals surface area contributed by atoms with Gasteiger partial charge in [0.05, 0.1) is 13.2 Å². The van der Waals surface area contributed by atoms with E-state index in [2.05, 4.69) is 46.1 Å². The molecule has 0 amide bonds. The fourth-order valence-corrected chi connectivity index (χ4v) is 4.55. The van der Waals surface area contributed by atoms with Crippen molar-refractivity contribution in [3.8, 4) is 0 Å². The minimum absolute atomic E-state index is 0. The molecule has 3 unspecified atom stereocenters. The molecule has 2 N–H and O–H groups in total. The average Bonchev–Trinajstić information content (AvgIpc) is 3.00. The second-order valence-electron chi connectivity index (χ2n) is 6.70. The van der Waals surface area contributed by atoms with Crippen LogP contribution in [0.1, 0.15) is 33.1 Å². The quantitative estimate of drug-likeness (QED) is 0.340. The minimum Gasteiger partial charge on any atom is -0.379 e. The Morgan fingerprint density at radius 3 is 2.75 bits per heavy atom. The van der Waals surface area contributed by atoms with Crippen molar-refractivity contribution in [3.63, 3.8) is 0 Å². The van der Waals surface area contributed by atoms with Crippen LogP contribution in [0.15, 0.2) is 4.99 Å². The molecular formula is C17H35IN4OS. The Labute approximate surface area is 169 Å². The summed E-state index contributed by atoms with van der Waals surface area (Å²) >= 11 is 2.10. The Hall–Kier alpha value is 0.270. The molecule has 0 radical (unpaired) electrons. The monoisotopic (exact) mass is 470 g/mol. The number of thioether (sulfide) groups is 1. The highest BCUT2D eigenvalue weighted by atomic mass is 127.